The van der Waals surface area contributed by atoms with Crippen LogP contribution in [0.15, 0.2) is 57.7 Å². The zero-order valence-corrected chi connectivity index (χ0v) is 10.1. The van der Waals surface area contributed by atoms with Crippen molar-refractivity contribution in [3.63, 3.8) is 0 Å². The zero-order valence-electron chi connectivity index (χ0n) is 10.1. The average molecular weight is 250 g/mol. The van der Waals surface area contributed by atoms with Crippen molar-refractivity contribution in [1.29, 1.82) is 0 Å². The van der Waals surface area contributed by atoms with Crippen LogP contribution in [-0.2, 0) is 6.61 Å². The molecule has 4 rings (SSSR count). The fraction of sp³-hybridized carbons (Fsp3) is 0.0625. The summed E-state index contributed by atoms with van der Waals surface area (Å²) in [5.41, 5.74) is 2.66. The van der Waals surface area contributed by atoms with Gasteiger partial charge in [-0.2, -0.15) is 0 Å². The van der Waals surface area contributed by atoms with Crippen molar-refractivity contribution in [3.05, 3.63) is 64.5 Å². The van der Waals surface area contributed by atoms with Gasteiger partial charge in [-0.25, -0.2) is 4.79 Å². The highest BCUT2D eigenvalue weighted by molar-refractivity contribution is 5.91. The number of fused-ring (bicyclic) bond motifs is 5. The van der Waals surface area contributed by atoms with Crippen LogP contribution >= 0.6 is 0 Å². The van der Waals surface area contributed by atoms with Crippen molar-refractivity contribution >= 4 is 11.0 Å². The molecule has 0 atom stereocenters. The van der Waals surface area contributed by atoms with E-state index in [9.17, 15) is 4.79 Å². The molecule has 0 saturated carbocycles. The maximum absolute atomic E-state index is 12.2. The second-order valence-corrected chi connectivity index (χ2v) is 4.54. The van der Waals surface area contributed by atoms with Crippen LogP contribution in [-0.4, -0.2) is 0 Å². The minimum Gasteiger partial charge on any atom is -0.487 e. The van der Waals surface area contributed by atoms with Gasteiger partial charge in [-0.3, -0.25) is 0 Å². The third-order valence-corrected chi connectivity index (χ3v) is 3.42. The Hall–Kier alpha value is -2.55. The lowest BCUT2D eigenvalue weighted by Gasteiger charge is -2.20. The van der Waals surface area contributed by atoms with Crippen molar-refractivity contribution in [3.8, 4) is 16.9 Å². The van der Waals surface area contributed by atoms with Gasteiger partial charge in [-0.15, -0.1) is 0 Å². The van der Waals surface area contributed by atoms with E-state index in [1.807, 2.05) is 42.5 Å². The van der Waals surface area contributed by atoms with E-state index in [-0.39, 0.29) is 5.63 Å². The molecule has 1 aliphatic heterocycles. The molecule has 3 nitrogen and oxygen atoms in total. The highest BCUT2D eigenvalue weighted by atomic mass is 16.5. The number of rotatable bonds is 0. The molecule has 2 heterocycles. The van der Waals surface area contributed by atoms with E-state index >= 15 is 0 Å². The Labute approximate surface area is 109 Å². The largest absolute Gasteiger partial charge is 0.487 e. The van der Waals surface area contributed by atoms with Crippen LogP contribution in [0.4, 0.5) is 0 Å². The number of benzene rings is 2. The quantitative estimate of drug-likeness (QED) is 0.574. The minimum absolute atomic E-state index is 0.346. The maximum Gasteiger partial charge on any atom is 0.348 e. The summed E-state index contributed by atoms with van der Waals surface area (Å²) in [6.07, 6.45) is 0. The SMILES string of the molecule is O=c1oc2ccccc2c2c1-c1ccccc1CO2. The average Bonchev–Trinajstić information content (AvgIpc) is 2.46. The summed E-state index contributed by atoms with van der Waals surface area (Å²) in [7, 11) is 0. The molecule has 0 amide bonds. The number of para-hydroxylation sites is 1. The molecule has 2 aromatic carbocycles. The van der Waals surface area contributed by atoms with Gasteiger partial charge < -0.3 is 9.15 Å². The Bertz CT molecular complexity index is 846. The summed E-state index contributed by atoms with van der Waals surface area (Å²) in [6.45, 7) is 0.483. The lowest BCUT2D eigenvalue weighted by molar-refractivity contribution is 0.303. The first kappa shape index (κ1) is 10.4. The predicted octanol–water partition coefficient (Wildman–Crippen LogP) is 3.35. The molecular formula is C16H10O3. The summed E-state index contributed by atoms with van der Waals surface area (Å²) in [5.74, 6) is 0.630. The third-order valence-electron chi connectivity index (χ3n) is 3.42. The molecule has 19 heavy (non-hydrogen) atoms. The van der Waals surface area contributed by atoms with Crippen LogP contribution in [0.3, 0.4) is 0 Å². The molecule has 1 aliphatic rings. The van der Waals surface area contributed by atoms with Gasteiger partial charge in [0.05, 0.1) is 5.39 Å². The van der Waals surface area contributed by atoms with Crippen molar-refractivity contribution in [2.75, 3.05) is 0 Å². The Morgan fingerprint density at radius 2 is 1.74 bits per heavy atom. The molecule has 0 saturated heterocycles. The van der Waals surface area contributed by atoms with Crippen LogP contribution in [0.5, 0.6) is 5.75 Å². The van der Waals surface area contributed by atoms with E-state index < -0.39 is 0 Å². The minimum atomic E-state index is -0.346. The van der Waals surface area contributed by atoms with E-state index in [4.69, 9.17) is 9.15 Å². The molecule has 0 N–H and O–H groups in total. The molecule has 1 aromatic heterocycles. The summed E-state index contributed by atoms with van der Waals surface area (Å²) in [4.78, 5) is 12.2. The van der Waals surface area contributed by atoms with Gasteiger partial charge in [-0.1, -0.05) is 36.4 Å². The standard InChI is InChI=1S/C16H10O3/c17-16-14-11-6-2-1-5-10(11)9-18-15(14)12-7-3-4-8-13(12)19-16/h1-8H,9H2. The van der Waals surface area contributed by atoms with Gasteiger partial charge in [0.15, 0.2) is 0 Å². The van der Waals surface area contributed by atoms with Crippen molar-refractivity contribution in [2.45, 2.75) is 6.61 Å². The lowest BCUT2D eigenvalue weighted by atomic mass is 9.97. The van der Waals surface area contributed by atoms with Crippen LogP contribution in [0.2, 0.25) is 0 Å². The number of hydrogen-bond donors (Lipinski definition) is 0. The van der Waals surface area contributed by atoms with Gasteiger partial charge in [0, 0.05) is 0 Å². The van der Waals surface area contributed by atoms with Crippen molar-refractivity contribution in [1.82, 2.24) is 0 Å². The Morgan fingerprint density at radius 1 is 0.947 bits per heavy atom. The highest BCUT2D eigenvalue weighted by Crippen LogP contribution is 2.39. The fourth-order valence-corrected chi connectivity index (χ4v) is 2.54. The van der Waals surface area contributed by atoms with E-state index in [1.54, 1.807) is 6.07 Å². The van der Waals surface area contributed by atoms with E-state index in [0.29, 0.717) is 23.5 Å². The first-order valence-electron chi connectivity index (χ1n) is 6.11. The van der Waals surface area contributed by atoms with Crippen LogP contribution < -0.4 is 10.4 Å². The topological polar surface area (TPSA) is 39.4 Å². The van der Waals surface area contributed by atoms with Gasteiger partial charge in [0.2, 0.25) is 0 Å². The normalized spacial score (nSPS) is 12.6. The Kier molecular flexibility index (Phi) is 2.03. The van der Waals surface area contributed by atoms with Crippen LogP contribution in [0, 0.1) is 0 Å². The molecular weight excluding hydrogens is 240 g/mol. The molecule has 0 unspecified atom stereocenters. The Morgan fingerprint density at radius 3 is 2.68 bits per heavy atom. The first-order chi connectivity index (χ1) is 9.34. The number of ether oxygens (including phenoxy) is 1. The second kappa shape index (κ2) is 3.72. The van der Waals surface area contributed by atoms with Crippen LogP contribution in [0.25, 0.3) is 22.1 Å². The number of hydrogen-bond acceptors (Lipinski definition) is 3. The summed E-state index contributed by atoms with van der Waals surface area (Å²) in [6, 6.07) is 15.2. The van der Waals surface area contributed by atoms with Crippen molar-refractivity contribution < 1.29 is 9.15 Å². The molecule has 3 aromatic rings. The van der Waals surface area contributed by atoms with Gasteiger partial charge in [-0.05, 0) is 23.3 Å². The molecule has 0 radical (unpaired) electrons. The van der Waals surface area contributed by atoms with Gasteiger partial charge in [0.25, 0.3) is 0 Å². The summed E-state index contributed by atoms with van der Waals surface area (Å²) in [5, 5.41) is 0.839. The Balaban J connectivity index is 2.18. The lowest BCUT2D eigenvalue weighted by Crippen LogP contribution is -2.13. The van der Waals surface area contributed by atoms with Crippen LogP contribution in [0.1, 0.15) is 5.56 Å². The first-order valence-corrected chi connectivity index (χ1v) is 6.11. The van der Waals surface area contributed by atoms with E-state index in [0.717, 1.165) is 16.5 Å². The predicted molar refractivity (Wildman–Crippen MR) is 72.3 cm³/mol. The molecule has 92 valence electrons. The molecule has 0 bridgehead atoms. The molecule has 0 spiro atoms. The molecule has 3 heteroatoms. The molecule has 0 fully saturated rings. The third kappa shape index (κ3) is 1.41. The van der Waals surface area contributed by atoms with Gasteiger partial charge >= 0.3 is 5.63 Å². The maximum atomic E-state index is 12.2. The second-order valence-electron chi connectivity index (χ2n) is 4.54. The van der Waals surface area contributed by atoms with Gasteiger partial charge in [0.1, 0.15) is 23.5 Å². The smallest absolute Gasteiger partial charge is 0.348 e. The van der Waals surface area contributed by atoms with E-state index in [1.165, 1.54) is 0 Å². The van der Waals surface area contributed by atoms with E-state index in [2.05, 4.69) is 0 Å². The fourth-order valence-electron chi connectivity index (χ4n) is 2.54. The summed E-state index contributed by atoms with van der Waals surface area (Å²) >= 11 is 0. The summed E-state index contributed by atoms with van der Waals surface area (Å²) < 4.78 is 11.2. The zero-order chi connectivity index (χ0) is 12.8. The highest BCUT2D eigenvalue weighted by Gasteiger charge is 2.23. The monoisotopic (exact) mass is 250 g/mol. The van der Waals surface area contributed by atoms with Crippen molar-refractivity contribution in [2.24, 2.45) is 0 Å². The molecule has 0 aliphatic carbocycles.